The number of benzene rings is 1. The van der Waals surface area contributed by atoms with Crippen LogP contribution in [0.1, 0.15) is 48.5 Å². The molecule has 0 saturated heterocycles. The molecule has 0 unspecified atom stereocenters. The van der Waals surface area contributed by atoms with Crippen LogP contribution >= 0.6 is 34.5 Å². The molecule has 0 bridgehead atoms. The fourth-order valence-electron chi connectivity index (χ4n) is 3.66. The van der Waals surface area contributed by atoms with Crippen LogP contribution in [0.25, 0.3) is 21.3 Å². The van der Waals surface area contributed by atoms with Crippen LogP contribution in [-0.4, -0.2) is 23.2 Å². The average Bonchev–Trinajstić information content (AvgIpc) is 3.08. The van der Waals surface area contributed by atoms with Gasteiger partial charge in [-0.3, -0.25) is 4.79 Å². The lowest BCUT2D eigenvalue weighted by molar-refractivity contribution is 0.230. The summed E-state index contributed by atoms with van der Waals surface area (Å²) >= 11 is 14.5. The Morgan fingerprint density at radius 3 is 2.80 bits per heavy atom. The first kappa shape index (κ1) is 21.2. The zero-order valence-corrected chi connectivity index (χ0v) is 19.3. The van der Waals surface area contributed by atoms with E-state index in [4.69, 9.17) is 32.7 Å². The van der Waals surface area contributed by atoms with Crippen molar-refractivity contribution >= 4 is 55.9 Å². The molecule has 1 aliphatic carbocycles. The second kappa shape index (κ2) is 8.61. The van der Waals surface area contributed by atoms with E-state index in [-0.39, 0.29) is 11.7 Å². The molecule has 0 saturated carbocycles. The molecule has 2 aromatic heterocycles. The van der Waals surface area contributed by atoms with Crippen molar-refractivity contribution in [3.05, 3.63) is 49.3 Å². The molecule has 30 heavy (non-hydrogen) atoms. The molecular weight excluding hydrogens is 443 g/mol. The van der Waals surface area contributed by atoms with Crippen molar-refractivity contribution in [1.29, 1.82) is 0 Å². The third-order valence-electron chi connectivity index (χ3n) is 4.95. The molecule has 8 heteroatoms. The van der Waals surface area contributed by atoms with Gasteiger partial charge in [0.15, 0.2) is 17.3 Å². The minimum atomic E-state index is -0.141. The van der Waals surface area contributed by atoms with Crippen LogP contribution in [0.15, 0.2) is 16.9 Å². The summed E-state index contributed by atoms with van der Waals surface area (Å²) in [6, 6.07) is 3.52. The normalized spacial score (nSPS) is 14.3. The van der Waals surface area contributed by atoms with Crippen LogP contribution in [0.2, 0.25) is 5.02 Å². The summed E-state index contributed by atoms with van der Waals surface area (Å²) < 4.78 is 11.2. The highest BCUT2D eigenvalue weighted by atomic mass is 35.5. The van der Waals surface area contributed by atoms with Crippen molar-refractivity contribution < 1.29 is 9.47 Å². The number of nitrogens with one attached hydrogen (secondary N) is 1. The van der Waals surface area contributed by atoms with Gasteiger partial charge in [-0.1, -0.05) is 23.2 Å². The summed E-state index contributed by atoms with van der Waals surface area (Å²) in [6.45, 7) is 3.84. The number of H-pyrrole nitrogens is 1. The molecule has 1 N–H and O–H groups in total. The quantitative estimate of drug-likeness (QED) is 0.498. The number of rotatable bonds is 5. The van der Waals surface area contributed by atoms with E-state index in [1.807, 2.05) is 13.8 Å². The average molecular weight is 465 g/mol. The first-order valence-corrected chi connectivity index (χ1v) is 11.4. The van der Waals surface area contributed by atoms with Crippen molar-refractivity contribution in [2.75, 3.05) is 7.11 Å². The molecule has 0 amide bonds. The van der Waals surface area contributed by atoms with Crippen LogP contribution < -0.4 is 15.0 Å². The van der Waals surface area contributed by atoms with E-state index in [0.29, 0.717) is 38.3 Å². The molecule has 5 nitrogen and oxygen atoms in total. The van der Waals surface area contributed by atoms with Gasteiger partial charge >= 0.3 is 0 Å². The highest BCUT2D eigenvalue weighted by Gasteiger charge is 2.20. The summed E-state index contributed by atoms with van der Waals surface area (Å²) in [5.41, 5.74) is 1.72. The van der Waals surface area contributed by atoms with Gasteiger partial charge in [-0.2, -0.15) is 0 Å². The third kappa shape index (κ3) is 4.09. The van der Waals surface area contributed by atoms with Gasteiger partial charge in [0.05, 0.1) is 28.7 Å². The summed E-state index contributed by atoms with van der Waals surface area (Å²) in [4.78, 5) is 22.2. The minimum absolute atomic E-state index is 0.0426. The second-order valence-electron chi connectivity index (χ2n) is 7.50. The molecule has 0 fully saturated rings. The Balaban J connectivity index is 1.74. The molecule has 0 atom stereocenters. The Morgan fingerprint density at radius 1 is 1.30 bits per heavy atom. The summed E-state index contributed by atoms with van der Waals surface area (Å²) in [6.07, 6.45) is 5.87. The zero-order chi connectivity index (χ0) is 21.4. The summed E-state index contributed by atoms with van der Waals surface area (Å²) in [5.74, 6) is 1.33. The Labute approximate surface area is 188 Å². The van der Waals surface area contributed by atoms with Crippen molar-refractivity contribution in [3.8, 4) is 11.5 Å². The van der Waals surface area contributed by atoms with Crippen molar-refractivity contribution in [3.63, 3.8) is 0 Å². The number of hydrogen-bond donors (Lipinski definition) is 1. The zero-order valence-electron chi connectivity index (χ0n) is 17.0. The molecule has 158 valence electrons. The van der Waals surface area contributed by atoms with Crippen LogP contribution in [0, 0.1) is 0 Å². The Hall–Kier alpha value is -2.02. The van der Waals surface area contributed by atoms with Gasteiger partial charge in [-0.25, -0.2) is 4.98 Å². The molecule has 1 aromatic carbocycles. The van der Waals surface area contributed by atoms with Crippen LogP contribution in [0.4, 0.5) is 0 Å². The van der Waals surface area contributed by atoms with Gasteiger partial charge in [-0.05, 0) is 68.9 Å². The monoisotopic (exact) mass is 464 g/mol. The molecule has 1 aliphatic rings. The number of hydrogen-bond acceptors (Lipinski definition) is 5. The predicted octanol–water partition coefficient (Wildman–Crippen LogP) is 6.05. The molecule has 0 spiro atoms. The largest absolute Gasteiger partial charge is 0.493 e. The van der Waals surface area contributed by atoms with E-state index in [1.54, 1.807) is 36.7 Å². The number of ether oxygens (including phenoxy) is 2. The summed E-state index contributed by atoms with van der Waals surface area (Å²) in [5, 5.41) is 1.44. The second-order valence-corrected chi connectivity index (χ2v) is 9.40. The van der Waals surface area contributed by atoms with Crippen LogP contribution in [0.3, 0.4) is 0 Å². The molecule has 2 heterocycles. The van der Waals surface area contributed by atoms with E-state index in [2.05, 4.69) is 9.97 Å². The van der Waals surface area contributed by atoms with Gasteiger partial charge < -0.3 is 14.5 Å². The number of aromatic nitrogens is 2. The number of aryl methyl sites for hydroxylation is 2. The maximum Gasteiger partial charge on any atom is 0.260 e. The van der Waals surface area contributed by atoms with Gasteiger partial charge in [-0.15, -0.1) is 11.3 Å². The molecule has 3 aromatic rings. The van der Waals surface area contributed by atoms with Crippen LogP contribution in [0.5, 0.6) is 11.5 Å². The lowest BCUT2D eigenvalue weighted by Crippen LogP contribution is -2.12. The number of fused-ring (bicyclic) bond motifs is 3. The SMILES string of the molecule is COc1cc(/C=C(\Cl)c2nc3sc4c(c3c(=O)[nH]2)CCCC4)cc(Cl)c1OC(C)C. The molecule has 0 radical (unpaired) electrons. The van der Waals surface area contributed by atoms with Crippen molar-refractivity contribution in [2.24, 2.45) is 0 Å². The van der Waals surface area contributed by atoms with Gasteiger partial charge in [0.25, 0.3) is 5.56 Å². The van der Waals surface area contributed by atoms with E-state index in [0.717, 1.165) is 36.1 Å². The highest BCUT2D eigenvalue weighted by Crippen LogP contribution is 2.38. The smallest absolute Gasteiger partial charge is 0.260 e. The maximum absolute atomic E-state index is 12.8. The Kier molecular flexibility index (Phi) is 6.09. The number of halogens is 2. The third-order valence-corrected chi connectivity index (χ3v) is 6.70. The summed E-state index contributed by atoms with van der Waals surface area (Å²) in [7, 11) is 1.56. The lowest BCUT2D eigenvalue weighted by atomic mass is 9.97. The van der Waals surface area contributed by atoms with Crippen molar-refractivity contribution in [2.45, 2.75) is 45.6 Å². The number of nitrogens with zero attached hydrogens (tertiary/aromatic N) is 1. The van der Waals surface area contributed by atoms with Gasteiger partial charge in [0.2, 0.25) is 0 Å². The van der Waals surface area contributed by atoms with E-state index in [1.165, 1.54) is 4.88 Å². The predicted molar refractivity (Wildman–Crippen MR) is 124 cm³/mol. The first-order chi connectivity index (χ1) is 14.4. The Bertz CT molecular complexity index is 1200. The lowest BCUT2D eigenvalue weighted by Gasteiger charge is -2.15. The molecule has 0 aliphatic heterocycles. The van der Waals surface area contributed by atoms with Gasteiger partial charge in [0, 0.05) is 4.88 Å². The van der Waals surface area contributed by atoms with E-state index < -0.39 is 0 Å². The fraction of sp³-hybridized carbons (Fsp3) is 0.364. The fourth-order valence-corrected chi connectivity index (χ4v) is 5.41. The number of thiophene rings is 1. The van der Waals surface area contributed by atoms with Crippen LogP contribution in [-0.2, 0) is 12.8 Å². The maximum atomic E-state index is 12.8. The van der Waals surface area contributed by atoms with E-state index >= 15 is 0 Å². The molecular formula is C22H22Cl2N2O3S. The van der Waals surface area contributed by atoms with Gasteiger partial charge in [0.1, 0.15) is 4.83 Å². The Morgan fingerprint density at radius 2 is 2.07 bits per heavy atom. The van der Waals surface area contributed by atoms with Crippen molar-refractivity contribution in [1.82, 2.24) is 9.97 Å². The first-order valence-electron chi connectivity index (χ1n) is 9.83. The number of methoxy groups -OCH3 is 1. The van der Waals surface area contributed by atoms with E-state index in [9.17, 15) is 4.79 Å². The number of aromatic amines is 1. The highest BCUT2D eigenvalue weighted by molar-refractivity contribution is 7.18. The molecule has 4 rings (SSSR count). The topological polar surface area (TPSA) is 64.2 Å². The standard InChI is InChI=1S/C22H22Cl2N2O3S/c1-11(2)29-19-14(23)8-12(10-16(19)28-3)9-15(24)20-25-21(27)18-13-6-4-5-7-17(13)30-22(18)26-20/h8-11H,4-7H2,1-3H3,(H,25,26,27)/b15-9-. The minimum Gasteiger partial charge on any atom is -0.493 e.